The molecule has 0 spiro atoms. The third-order valence-corrected chi connectivity index (χ3v) is 17.4. The molecule has 4 aliphatic carbocycles. The molecule has 0 radical (unpaired) electrons. The van der Waals surface area contributed by atoms with E-state index in [4.69, 9.17) is 28.4 Å². The van der Waals surface area contributed by atoms with Crippen molar-refractivity contribution in [2.24, 2.45) is 46.3 Å². The van der Waals surface area contributed by atoms with Gasteiger partial charge in [-0.15, -0.1) is 0 Å². The third kappa shape index (κ3) is 11.4. The highest BCUT2D eigenvalue weighted by Gasteiger charge is 2.59. The van der Waals surface area contributed by atoms with Gasteiger partial charge in [-0.1, -0.05) is 187 Å². The molecule has 67 heavy (non-hydrogen) atoms. The fourth-order valence-corrected chi connectivity index (χ4v) is 13.8. The molecule has 1 unspecified atom stereocenters. The van der Waals surface area contributed by atoms with Crippen molar-refractivity contribution in [2.75, 3.05) is 6.61 Å². The Bertz CT molecular complexity index is 2130. The standard InChI is InChI=1S/C61H80O6/c1-43(2)19-18-20-44(3)52-31-32-53-51-30-29-49-37-50(33-35-60(49,4)54(51)34-36-61(52,53)5)66-59-58(65-41-48-27-16-9-17-28-48)57(64-40-47-25-14-8-15-26-47)56(63-39-46-23-12-7-13-24-46)55(67-59)42-62-38-45-21-10-6-11-22-45/h6-17,21-29,43-44,50-59H,18-20,30-42H2,1-5H3/t44-,50+,51+,52-,53+,54+,55-,56-,57+,58-,59?,60+,61-/m1/s1. The van der Waals surface area contributed by atoms with Gasteiger partial charge < -0.3 is 28.4 Å². The molecular weight excluding hydrogens is 829 g/mol. The first-order chi connectivity index (χ1) is 32.7. The lowest BCUT2D eigenvalue weighted by molar-refractivity contribution is -0.337. The Hall–Kier alpha value is -3.62. The molecule has 0 bridgehead atoms. The van der Waals surface area contributed by atoms with E-state index in [1.807, 2.05) is 24.3 Å². The summed E-state index contributed by atoms with van der Waals surface area (Å²) in [5.41, 5.74) is 6.70. The van der Waals surface area contributed by atoms with E-state index in [0.29, 0.717) is 38.4 Å². The summed E-state index contributed by atoms with van der Waals surface area (Å²) in [7, 11) is 0. The van der Waals surface area contributed by atoms with Crippen LogP contribution in [0.2, 0.25) is 0 Å². The zero-order valence-electron chi connectivity index (χ0n) is 41.3. The van der Waals surface area contributed by atoms with Gasteiger partial charge in [-0.05, 0) is 120 Å². The normalized spacial score (nSPS) is 33.1. The van der Waals surface area contributed by atoms with Gasteiger partial charge in [0.2, 0.25) is 0 Å². The molecule has 4 aromatic rings. The number of benzene rings is 4. The average molecular weight is 909 g/mol. The molecule has 9 rings (SSSR count). The minimum atomic E-state index is -0.689. The molecule has 3 saturated carbocycles. The van der Waals surface area contributed by atoms with Crippen LogP contribution in [-0.2, 0) is 54.8 Å². The van der Waals surface area contributed by atoms with E-state index in [-0.39, 0.29) is 11.5 Å². The van der Waals surface area contributed by atoms with E-state index in [2.05, 4.69) is 138 Å². The average Bonchev–Trinajstić information content (AvgIpc) is 3.71. The molecule has 13 atom stereocenters. The van der Waals surface area contributed by atoms with Crippen LogP contribution in [0.4, 0.5) is 0 Å². The van der Waals surface area contributed by atoms with E-state index < -0.39 is 30.7 Å². The van der Waals surface area contributed by atoms with Gasteiger partial charge in [0.05, 0.1) is 39.1 Å². The lowest BCUT2D eigenvalue weighted by Crippen LogP contribution is -2.62. The van der Waals surface area contributed by atoms with E-state index in [0.717, 1.165) is 77.0 Å². The van der Waals surface area contributed by atoms with Crippen molar-refractivity contribution >= 4 is 0 Å². The van der Waals surface area contributed by atoms with Crippen molar-refractivity contribution in [1.29, 1.82) is 0 Å². The Labute approximate surface area is 403 Å². The highest BCUT2D eigenvalue weighted by Crippen LogP contribution is 2.67. The van der Waals surface area contributed by atoms with Crippen molar-refractivity contribution in [3.63, 3.8) is 0 Å². The molecule has 6 nitrogen and oxygen atoms in total. The van der Waals surface area contributed by atoms with Gasteiger partial charge in [0, 0.05) is 0 Å². The maximum absolute atomic E-state index is 7.35. The first kappa shape index (κ1) is 48.4. The molecule has 4 aromatic carbocycles. The van der Waals surface area contributed by atoms with E-state index in [9.17, 15) is 0 Å². The fraction of sp³-hybridized carbons (Fsp3) is 0.574. The summed E-state index contributed by atoms with van der Waals surface area (Å²) in [4.78, 5) is 0. The zero-order valence-corrected chi connectivity index (χ0v) is 41.3. The first-order valence-corrected chi connectivity index (χ1v) is 26.3. The van der Waals surface area contributed by atoms with Crippen molar-refractivity contribution in [3.05, 3.63) is 155 Å². The smallest absolute Gasteiger partial charge is 0.187 e. The lowest BCUT2D eigenvalue weighted by Gasteiger charge is -2.58. The van der Waals surface area contributed by atoms with Gasteiger partial charge in [-0.2, -0.15) is 0 Å². The number of ether oxygens (including phenoxy) is 6. The maximum Gasteiger partial charge on any atom is 0.187 e. The summed E-state index contributed by atoms with van der Waals surface area (Å²) >= 11 is 0. The van der Waals surface area contributed by atoms with Crippen LogP contribution in [0.1, 0.15) is 128 Å². The third-order valence-electron chi connectivity index (χ3n) is 17.4. The molecule has 1 aliphatic heterocycles. The highest BCUT2D eigenvalue weighted by atomic mass is 16.7. The van der Waals surface area contributed by atoms with Crippen molar-refractivity contribution in [3.8, 4) is 0 Å². The van der Waals surface area contributed by atoms with E-state index in [1.54, 1.807) is 5.57 Å². The maximum atomic E-state index is 7.35. The van der Waals surface area contributed by atoms with Crippen molar-refractivity contribution in [2.45, 2.75) is 168 Å². The fourth-order valence-electron chi connectivity index (χ4n) is 13.8. The second kappa shape index (κ2) is 22.4. The predicted molar refractivity (Wildman–Crippen MR) is 268 cm³/mol. The van der Waals surface area contributed by atoms with Crippen molar-refractivity contribution < 1.29 is 28.4 Å². The SMILES string of the molecule is CC(C)CCC[C@@H](C)[C@H]1CC[C@H]2[C@@H]3CC=C4C[C@@H](OC5O[C@H](COCc6ccccc6)[C@@H](OCc6ccccc6)[C@H](OCc6ccccc6)[C@H]5OCc5ccccc5)CC[C@]4(C)[C@H]3CC[C@]12C. The Morgan fingerprint density at radius 2 is 1.16 bits per heavy atom. The monoisotopic (exact) mass is 909 g/mol. The minimum Gasteiger partial charge on any atom is -0.374 e. The summed E-state index contributed by atoms with van der Waals surface area (Å²) in [6.07, 6.45) is 14.0. The molecule has 5 aliphatic rings. The predicted octanol–water partition coefficient (Wildman–Crippen LogP) is 14.1. The van der Waals surface area contributed by atoms with Crippen LogP contribution in [0.25, 0.3) is 0 Å². The van der Waals surface area contributed by atoms with Gasteiger partial charge in [-0.25, -0.2) is 0 Å². The topological polar surface area (TPSA) is 55.4 Å². The number of hydrogen-bond donors (Lipinski definition) is 0. The lowest BCUT2D eigenvalue weighted by atomic mass is 9.47. The summed E-state index contributed by atoms with van der Waals surface area (Å²) in [5.74, 6) is 4.89. The largest absolute Gasteiger partial charge is 0.374 e. The van der Waals surface area contributed by atoms with E-state index in [1.165, 1.54) is 51.4 Å². The molecule has 0 aromatic heterocycles. The summed E-state index contributed by atoms with van der Waals surface area (Å²) in [6.45, 7) is 14.7. The Balaban J connectivity index is 0.963. The second-order valence-corrected chi connectivity index (χ2v) is 22.1. The van der Waals surface area contributed by atoms with Crippen LogP contribution in [-0.4, -0.2) is 43.4 Å². The molecule has 4 fully saturated rings. The van der Waals surface area contributed by atoms with Crippen LogP contribution >= 0.6 is 0 Å². The second-order valence-electron chi connectivity index (χ2n) is 22.1. The van der Waals surface area contributed by atoms with Crippen LogP contribution in [0.5, 0.6) is 0 Å². The summed E-state index contributed by atoms with van der Waals surface area (Å²) in [5, 5.41) is 0. The molecule has 0 N–H and O–H groups in total. The zero-order chi connectivity index (χ0) is 46.2. The van der Waals surface area contributed by atoms with Gasteiger partial charge in [0.1, 0.15) is 24.4 Å². The molecule has 1 saturated heterocycles. The van der Waals surface area contributed by atoms with Crippen molar-refractivity contribution in [1.82, 2.24) is 0 Å². The number of allylic oxidation sites excluding steroid dienone is 1. The van der Waals surface area contributed by atoms with Crippen LogP contribution in [0.3, 0.4) is 0 Å². The molecule has 0 amide bonds. The van der Waals surface area contributed by atoms with Gasteiger partial charge in [0.25, 0.3) is 0 Å². The minimum absolute atomic E-state index is 0.00236. The van der Waals surface area contributed by atoms with Crippen LogP contribution in [0.15, 0.2) is 133 Å². The summed E-state index contributed by atoms with van der Waals surface area (Å²) in [6, 6.07) is 41.5. The van der Waals surface area contributed by atoms with Gasteiger partial charge >= 0.3 is 0 Å². The molecular formula is C61H80O6. The molecule has 6 heteroatoms. The van der Waals surface area contributed by atoms with Crippen LogP contribution in [0, 0.1) is 46.3 Å². The first-order valence-electron chi connectivity index (χ1n) is 26.3. The van der Waals surface area contributed by atoms with E-state index >= 15 is 0 Å². The summed E-state index contributed by atoms with van der Waals surface area (Å²) < 4.78 is 42.1. The Morgan fingerprint density at radius 3 is 1.76 bits per heavy atom. The van der Waals surface area contributed by atoms with Gasteiger partial charge in [-0.3, -0.25) is 0 Å². The molecule has 360 valence electrons. The van der Waals surface area contributed by atoms with Gasteiger partial charge in [0.15, 0.2) is 6.29 Å². The quantitative estimate of drug-likeness (QED) is 0.0824. The number of rotatable bonds is 20. The number of fused-ring (bicyclic) bond motifs is 5. The molecule has 1 heterocycles. The van der Waals surface area contributed by atoms with Crippen LogP contribution < -0.4 is 0 Å². The Morgan fingerprint density at radius 1 is 0.597 bits per heavy atom. The number of hydrogen-bond acceptors (Lipinski definition) is 6. The Kier molecular flexibility index (Phi) is 16.2. The highest BCUT2D eigenvalue weighted by molar-refractivity contribution is 5.26.